The van der Waals surface area contributed by atoms with Crippen molar-refractivity contribution >= 4 is 19.6 Å². The van der Waals surface area contributed by atoms with E-state index >= 15 is 0 Å². The molecule has 8 heteroatoms. The monoisotopic (exact) mass is 508 g/mol. The lowest BCUT2D eigenvalue weighted by atomic mass is 9.73. The van der Waals surface area contributed by atoms with Crippen LogP contribution in [-0.4, -0.2) is 45.5 Å². The van der Waals surface area contributed by atoms with Crippen molar-refractivity contribution in [3.05, 3.63) is 48.1 Å². The Labute approximate surface area is 215 Å². The first-order chi connectivity index (χ1) is 17.2. The Morgan fingerprint density at radius 1 is 1.19 bits per heavy atom. The molecule has 1 fully saturated rings. The van der Waals surface area contributed by atoms with E-state index in [4.69, 9.17) is 14.8 Å². The van der Waals surface area contributed by atoms with Gasteiger partial charge in [0.1, 0.15) is 12.6 Å². The maximum atomic E-state index is 11.0. The van der Waals surface area contributed by atoms with Gasteiger partial charge in [0, 0.05) is 32.9 Å². The standard InChI is InChI=1S/C28H40N4O3Si/c1-20-30-28(32(31-20)19-35-15-16-36(2,3)4)25-13-14-26(29-18-25)24-11-9-23(10-12-24)22-7-5-21(6-8-22)17-27(33)34/h9,11-14,18,21-23H,5-8,10,15-17,19H2,1-4H3,(H,33,34). The number of pyridine rings is 1. The van der Waals surface area contributed by atoms with Crippen LogP contribution < -0.4 is 0 Å². The van der Waals surface area contributed by atoms with E-state index in [0.717, 1.165) is 73.2 Å². The number of ether oxygens (including phenoxy) is 1. The van der Waals surface area contributed by atoms with Crippen molar-refractivity contribution in [2.45, 2.75) is 77.9 Å². The van der Waals surface area contributed by atoms with E-state index in [0.29, 0.717) is 30.9 Å². The number of carboxylic acids is 1. The summed E-state index contributed by atoms with van der Waals surface area (Å²) in [6, 6.07) is 5.25. The van der Waals surface area contributed by atoms with Crippen LogP contribution in [0.4, 0.5) is 0 Å². The van der Waals surface area contributed by atoms with E-state index in [1.54, 1.807) is 0 Å². The van der Waals surface area contributed by atoms with E-state index in [1.165, 1.54) is 0 Å². The highest BCUT2D eigenvalue weighted by Crippen LogP contribution is 2.39. The molecule has 2 aliphatic carbocycles. The minimum atomic E-state index is -1.12. The largest absolute Gasteiger partial charge is 0.481 e. The molecule has 2 aromatic rings. The highest BCUT2D eigenvalue weighted by Gasteiger charge is 2.28. The zero-order chi connectivity index (χ0) is 25.7. The third-order valence-corrected chi connectivity index (χ3v) is 9.10. The highest BCUT2D eigenvalue weighted by molar-refractivity contribution is 6.76. The van der Waals surface area contributed by atoms with Crippen molar-refractivity contribution in [1.29, 1.82) is 0 Å². The molecule has 194 valence electrons. The number of carbonyl (C=O) groups is 1. The molecule has 2 heterocycles. The Morgan fingerprint density at radius 2 is 1.97 bits per heavy atom. The smallest absolute Gasteiger partial charge is 0.303 e. The van der Waals surface area contributed by atoms with Crippen LogP contribution >= 0.6 is 0 Å². The van der Waals surface area contributed by atoms with Crippen LogP contribution in [0.1, 0.15) is 50.0 Å². The van der Waals surface area contributed by atoms with Gasteiger partial charge < -0.3 is 9.84 Å². The fourth-order valence-corrected chi connectivity index (χ4v) is 5.99. The molecule has 0 spiro atoms. The number of hydrogen-bond acceptors (Lipinski definition) is 5. The molecule has 0 aromatic carbocycles. The second kappa shape index (κ2) is 11.6. The van der Waals surface area contributed by atoms with Crippen molar-refractivity contribution < 1.29 is 14.6 Å². The molecule has 2 aromatic heterocycles. The van der Waals surface area contributed by atoms with Crippen molar-refractivity contribution in [3.63, 3.8) is 0 Å². The highest BCUT2D eigenvalue weighted by atomic mass is 28.3. The van der Waals surface area contributed by atoms with Gasteiger partial charge in [0.15, 0.2) is 5.82 Å². The second-order valence-corrected chi connectivity index (χ2v) is 17.2. The van der Waals surface area contributed by atoms with Crippen molar-refractivity contribution in [1.82, 2.24) is 19.7 Å². The number of aliphatic carboxylic acids is 1. The molecule has 4 rings (SSSR count). The molecule has 36 heavy (non-hydrogen) atoms. The molecule has 1 unspecified atom stereocenters. The van der Waals surface area contributed by atoms with Crippen LogP contribution in [0.5, 0.6) is 0 Å². The normalized spacial score (nSPS) is 22.4. The Hall–Kier alpha value is -2.58. The quantitative estimate of drug-likeness (QED) is 0.303. The summed E-state index contributed by atoms with van der Waals surface area (Å²) in [5, 5.41) is 13.6. The molecule has 1 atom stereocenters. The van der Waals surface area contributed by atoms with E-state index in [2.05, 4.69) is 60.1 Å². The summed E-state index contributed by atoms with van der Waals surface area (Å²) in [4.78, 5) is 20.3. The number of hydrogen-bond donors (Lipinski definition) is 1. The van der Waals surface area contributed by atoms with Gasteiger partial charge >= 0.3 is 5.97 Å². The molecule has 0 saturated heterocycles. The zero-order valence-electron chi connectivity index (χ0n) is 22.1. The molecule has 0 bridgehead atoms. The molecule has 0 radical (unpaired) electrons. The minimum Gasteiger partial charge on any atom is -0.481 e. The molecule has 7 nitrogen and oxygen atoms in total. The topological polar surface area (TPSA) is 90.1 Å². The van der Waals surface area contributed by atoms with E-state index in [9.17, 15) is 4.79 Å². The van der Waals surface area contributed by atoms with Crippen molar-refractivity contribution in [2.24, 2.45) is 17.8 Å². The summed E-state index contributed by atoms with van der Waals surface area (Å²) < 4.78 is 7.73. The maximum Gasteiger partial charge on any atom is 0.303 e. The van der Waals surface area contributed by atoms with Gasteiger partial charge in [-0.1, -0.05) is 37.9 Å². The van der Waals surface area contributed by atoms with Gasteiger partial charge in [0.05, 0.1) is 5.69 Å². The SMILES string of the molecule is Cc1nc(-c2ccc(C3=CCC(C4CCC(CC(=O)O)CC4)C=C3)nc2)n(COCC[Si](C)(C)C)n1. The lowest BCUT2D eigenvalue weighted by Gasteiger charge is -2.32. The summed E-state index contributed by atoms with van der Waals surface area (Å²) in [7, 11) is -1.12. The molecule has 2 aliphatic rings. The third-order valence-electron chi connectivity index (χ3n) is 7.40. The molecule has 0 amide bonds. The fraction of sp³-hybridized carbons (Fsp3) is 0.571. The van der Waals surface area contributed by atoms with Crippen LogP contribution in [0, 0.1) is 24.7 Å². The molecule has 0 aliphatic heterocycles. The van der Waals surface area contributed by atoms with Crippen molar-refractivity contribution in [2.75, 3.05) is 6.61 Å². The van der Waals surface area contributed by atoms with E-state index in [1.807, 2.05) is 17.8 Å². The second-order valence-electron chi connectivity index (χ2n) is 11.6. The van der Waals surface area contributed by atoms with Gasteiger partial charge in [-0.25, -0.2) is 9.67 Å². The fourth-order valence-electron chi connectivity index (χ4n) is 5.23. The van der Waals surface area contributed by atoms with Gasteiger partial charge in [-0.2, -0.15) is 5.10 Å². The van der Waals surface area contributed by atoms with Gasteiger partial charge in [0.25, 0.3) is 0 Å². The maximum absolute atomic E-state index is 11.0. The molecule has 1 saturated carbocycles. The van der Waals surface area contributed by atoms with Crippen molar-refractivity contribution in [3.8, 4) is 11.4 Å². The number of allylic oxidation sites excluding steroid dienone is 4. The Morgan fingerprint density at radius 3 is 2.58 bits per heavy atom. The molecular formula is C28H40N4O3Si. The number of nitrogens with zero attached hydrogens (tertiary/aromatic N) is 4. The zero-order valence-corrected chi connectivity index (χ0v) is 23.1. The first-order valence-electron chi connectivity index (χ1n) is 13.2. The Kier molecular flexibility index (Phi) is 8.57. The lowest BCUT2D eigenvalue weighted by Crippen LogP contribution is -2.22. The average molecular weight is 509 g/mol. The number of aryl methyl sites for hydroxylation is 1. The van der Waals surface area contributed by atoms with Gasteiger partial charge in [-0.3, -0.25) is 9.78 Å². The summed E-state index contributed by atoms with van der Waals surface area (Å²) in [5.41, 5.74) is 3.06. The molecule has 1 N–H and O–H groups in total. The average Bonchev–Trinajstić information content (AvgIpc) is 3.22. The number of aromatic nitrogens is 4. The number of carboxylic acid groups (broad SMARTS) is 1. The lowest BCUT2D eigenvalue weighted by molar-refractivity contribution is -0.138. The first kappa shape index (κ1) is 26.5. The van der Waals surface area contributed by atoms with Crippen LogP contribution in [0.15, 0.2) is 36.6 Å². The van der Waals surface area contributed by atoms with Crippen LogP contribution in [-0.2, 0) is 16.3 Å². The van der Waals surface area contributed by atoms with Gasteiger partial charge in [-0.15, -0.1) is 0 Å². The molecular weight excluding hydrogens is 468 g/mol. The third kappa shape index (κ3) is 7.23. The predicted octanol–water partition coefficient (Wildman–Crippen LogP) is 6.20. The minimum absolute atomic E-state index is 0.320. The van der Waals surface area contributed by atoms with Gasteiger partial charge in [0.2, 0.25) is 0 Å². The Balaban J connectivity index is 1.33. The van der Waals surface area contributed by atoms with E-state index < -0.39 is 14.0 Å². The first-order valence-corrected chi connectivity index (χ1v) is 16.9. The predicted molar refractivity (Wildman–Crippen MR) is 145 cm³/mol. The summed E-state index contributed by atoms with van der Waals surface area (Å²) in [6.45, 7) is 10.1. The van der Waals surface area contributed by atoms with E-state index in [-0.39, 0.29) is 0 Å². The van der Waals surface area contributed by atoms with Crippen LogP contribution in [0.2, 0.25) is 25.7 Å². The van der Waals surface area contributed by atoms with Gasteiger partial charge in [-0.05, 0) is 80.5 Å². The van der Waals surface area contributed by atoms with Crippen LogP contribution in [0.25, 0.3) is 17.0 Å². The number of rotatable bonds is 10. The summed E-state index contributed by atoms with van der Waals surface area (Å²) in [6.07, 6.45) is 14.4. The summed E-state index contributed by atoms with van der Waals surface area (Å²) >= 11 is 0. The summed E-state index contributed by atoms with van der Waals surface area (Å²) in [5.74, 6) is 2.40. The Bertz CT molecular complexity index is 1090. The van der Waals surface area contributed by atoms with Crippen LogP contribution in [0.3, 0.4) is 0 Å².